The molecule has 0 radical (unpaired) electrons. The third kappa shape index (κ3) is 45.3. The maximum atomic E-state index is 12.3. The molecular weight excluding hydrogens is 829 g/mol. The largest absolute Gasteiger partial charge is 0.565 e. The van der Waals surface area contributed by atoms with Crippen molar-refractivity contribution >= 4 is 41.1 Å². The van der Waals surface area contributed by atoms with Gasteiger partial charge in [0.25, 0.3) is 0 Å². The van der Waals surface area contributed by atoms with Gasteiger partial charge < -0.3 is 44.9 Å². The second-order valence-corrected chi connectivity index (χ2v) is 16.4. The van der Waals surface area contributed by atoms with Crippen LogP contribution < -0.4 is 10.6 Å². The maximum absolute atomic E-state index is 12.3. The van der Waals surface area contributed by atoms with Crippen LogP contribution in [0.4, 0.5) is 0 Å². The first-order chi connectivity index (χ1) is 30.9. The van der Waals surface area contributed by atoms with Gasteiger partial charge in [-0.15, -0.1) is 0 Å². The van der Waals surface area contributed by atoms with Crippen LogP contribution in [0.25, 0.3) is 0 Å². The smallest absolute Gasteiger partial charge is 0.515 e. The molecule has 0 aromatic rings. The number of hydrogen-bond acceptors (Lipinski definition) is 12. The van der Waals surface area contributed by atoms with Gasteiger partial charge in [0, 0.05) is 69.6 Å². The van der Waals surface area contributed by atoms with E-state index >= 15 is 0 Å². The van der Waals surface area contributed by atoms with Gasteiger partial charge in [-0.3, -0.25) is 28.8 Å². The van der Waals surface area contributed by atoms with Crippen molar-refractivity contribution in [3.8, 4) is 0 Å². The summed E-state index contributed by atoms with van der Waals surface area (Å²) in [6, 6.07) is 0. The van der Waals surface area contributed by atoms with E-state index in [0.29, 0.717) is 84.8 Å². The summed E-state index contributed by atoms with van der Waals surface area (Å²) in [5.41, 5.74) is 0. The van der Waals surface area contributed by atoms with Crippen LogP contribution in [0, 0.1) is 11.8 Å². The minimum atomic E-state index is -0.994. The van der Waals surface area contributed by atoms with Crippen molar-refractivity contribution in [1.29, 1.82) is 0 Å². The van der Waals surface area contributed by atoms with E-state index in [1.54, 1.807) is 14.0 Å². The summed E-state index contributed by atoms with van der Waals surface area (Å²) in [7, 11) is 1.60. The summed E-state index contributed by atoms with van der Waals surface area (Å²) < 4.78 is 20.7. The maximum Gasteiger partial charge on any atom is 0.515 e. The van der Waals surface area contributed by atoms with E-state index in [1.807, 2.05) is 6.92 Å². The van der Waals surface area contributed by atoms with E-state index in [-0.39, 0.29) is 61.0 Å². The highest BCUT2D eigenvalue weighted by Crippen LogP contribution is 2.18. The summed E-state index contributed by atoms with van der Waals surface area (Å²) in [5, 5.41) is 30.6. The summed E-state index contributed by atoms with van der Waals surface area (Å²) in [5.74, 6) is -2.60. The number of rotatable bonds is 47. The van der Waals surface area contributed by atoms with Crippen LogP contribution in [0.5, 0.6) is 0 Å². The van der Waals surface area contributed by atoms with Crippen molar-refractivity contribution in [2.24, 2.45) is 11.8 Å². The molecule has 0 aromatic heterocycles. The minimum absolute atomic E-state index is 0.00766. The lowest BCUT2D eigenvalue weighted by atomic mass is 9.93. The lowest BCUT2D eigenvalue weighted by Crippen LogP contribution is -2.29. The van der Waals surface area contributed by atoms with Gasteiger partial charge in [-0.25, -0.2) is 0 Å². The summed E-state index contributed by atoms with van der Waals surface area (Å²) in [6.45, 7) is 6.91. The molecule has 0 fully saturated rings. The Morgan fingerprint density at radius 2 is 1.06 bits per heavy atom. The number of unbranched alkanes of at least 4 members (excludes halogenated alkanes) is 14. The van der Waals surface area contributed by atoms with Crippen molar-refractivity contribution in [3.05, 3.63) is 0 Å². The number of carbonyl (C=O) groups is 7. The first-order valence-electron chi connectivity index (χ1n) is 24.3. The molecule has 0 aliphatic rings. The van der Waals surface area contributed by atoms with Crippen LogP contribution in [0.3, 0.4) is 0 Å². The van der Waals surface area contributed by atoms with Crippen molar-refractivity contribution in [3.63, 3.8) is 0 Å². The molecule has 2 amide bonds. The zero-order chi connectivity index (χ0) is 47.9. The van der Waals surface area contributed by atoms with Crippen LogP contribution in [0.15, 0.2) is 0 Å². The molecule has 0 aliphatic carbocycles. The van der Waals surface area contributed by atoms with Gasteiger partial charge in [0.1, 0.15) is 31.2 Å². The predicted octanol–water partition coefficient (Wildman–Crippen LogP) is 6.35. The quantitative estimate of drug-likeness (QED) is 0.0385. The molecule has 64 heavy (non-hydrogen) atoms. The Balaban J connectivity index is 0. The number of methoxy groups -OCH3 is 1. The second kappa shape index (κ2) is 47.6. The monoisotopic (exact) mass is 918 g/mol. The average Bonchev–Trinajstić information content (AvgIpc) is 3.27. The second-order valence-electron chi connectivity index (χ2n) is 16.4. The Hall–Kier alpha value is -3.31. The number of carboxylic acid groups (broad SMARTS) is 1. The topological polar surface area (TPSA) is 244 Å². The number of ether oxygens (including phenoxy) is 4. The van der Waals surface area contributed by atoms with Crippen molar-refractivity contribution < 1.29 is 67.8 Å². The Bertz CT molecular complexity index is 1200. The van der Waals surface area contributed by atoms with E-state index in [0.717, 1.165) is 57.8 Å². The third-order valence-corrected chi connectivity index (χ3v) is 10.8. The SMILES string of the molecule is CCC(=O)NCCOCCOCC(=O)NCCCC[C@H](CC)C(=O)CO.COCCOCCCC(=O)CC[C@H](CC(=O)CCCCCCCCCCCCCCCCC(=O)[OH2+])C(=O)O. The minimum Gasteiger partial charge on any atom is -0.565 e. The number of Topliss-reactive ketones (excluding diaryl/α,β-unsaturated/α-hetero) is 3. The average molecular weight is 918 g/mol. The number of aliphatic carboxylic acids is 1. The first kappa shape index (κ1) is 62.8. The van der Waals surface area contributed by atoms with Gasteiger partial charge in [0.15, 0.2) is 5.78 Å². The van der Waals surface area contributed by atoms with Crippen LogP contribution in [-0.2, 0) is 52.5 Å². The Kier molecular flexibility index (Phi) is 46.7. The van der Waals surface area contributed by atoms with Crippen molar-refractivity contribution in [2.75, 3.05) is 73.1 Å². The molecule has 0 spiro atoms. The molecule has 0 rings (SSSR count). The number of hydrogen-bond donors (Lipinski definition) is 4. The summed E-state index contributed by atoms with van der Waals surface area (Å²) >= 11 is 0. The van der Waals surface area contributed by atoms with E-state index < -0.39 is 24.5 Å². The number of nitrogens with one attached hydrogen (secondary N) is 2. The number of amides is 2. The normalized spacial score (nSPS) is 11.9. The Morgan fingerprint density at radius 3 is 1.61 bits per heavy atom. The highest BCUT2D eigenvalue weighted by atomic mass is 16.5. The number of aliphatic hydroxyl groups is 1. The molecule has 0 unspecified atom stereocenters. The Labute approximate surface area is 384 Å². The molecule has 16 nitrogen and oxygen atoms in total. The molecule has 0 aliphatic heterocycles. The molecule has 0 saturated carbocycles. The lowest BCUT2D eigenvalue weighted by Gasteiger charge is -2.12. The van der Waals surface area contributed by atoms with Gasteiger partial charge in [0.2, 0.25) is 11.8 Å². The lowest BCUT2D eigenvalue weighted by molar-refractivity contribution is -0.144. The predicted molar refractivity (Wildman–Crippen MR) is 247 cm³/mol. The van der Waals surface area contributed by atoms with Crippen molar-refractivity contribution in [1.82, 2.24) is 10.6 Å². The number of ketones is 3. The molecule has 0 saturated heterocycles. The zero-order valence-electron chi connectivity index (χ0n) is 40.0. The van der Waals surface area contributed by atoms with Gasteiger partial charge >= 0.3 is 11.9 Å². The molecule has 0 bridgehead atoms. The van der Waals surface area contributed by atoms with Crippen molar-refractivity contribution in [2.45, 2.75) is 181 Å². The third-order valence-electron chi connectivity index (χ3n) is 10.8. The number of carboxylic acids is 1. The molecule has 16 heteroatoms. The molecule has 374 valence electrons. The molecule has 2 atom stereocenters. The van der Waals surface area contributed by atoms with Gasteiger partial charge in [-0.2, -0.15) is 0 Å². The fraction of sp³-hybridized carbons (Fsp3) is 0.854. The summed E-state index contributed by atoms with van der Waals surface area (Å²) in [6.07, 6.45) is 21.7. The first-order valence-corrected chi connectivity index (χ1v) is 24.3. The van der Waals surface area contributed by atoms with E-state index in [1.165, 1.54) is 57.8 Å². The fourth-order valence-corrected chi connectivity index (χ4v) is 6.78. The van der Waals surface area contributed by atoms with E-state index in [2.05, 4.69) is 10.6 Å². The van der Waals surface area contributed by atoms with Crippen LogP contribution in [-0.4, -0.2) is 129 Å². The molecule has 0 heterocycles. The Morgan fingerprint density at radius 1 is 0.531 bits per heavy atom. The van der Waals surface area contributed by atoms with Gasteiger partial charge in [-0.05, 0) is 44.9 Å². The van der Waals surface area contributed by atoms with Gasteiger partial charge in [-0.1, -0.05) is 97.3 Å². The molecule has 6 N–H and O–H groups in total. The highest BCUT2D eigenvalue weighted by Gasteiger charge is 2.22. The number of carbonyl (C=O) groups excluding carboxylic acids is 6. The van der Waals surface area contributed by atoms with E-state index in [4.69, 9.17) is 29.2 Å². The number of aliphatic hydroxyl groups excluding tert-OH is 1. The van der Waals surface area contributed by atoms with Gasteiger partial charge in [0.05, 0.1) is 39.0 Å². The fourth-order valence-electron chi connectivity index (χ4n) is 6.78. The van der Waals surface area contributed by atoms with Crippen LogP contribution in [0.2, 0.25) is 0 Å². The zero-order valence-corrected chi connectivity index (χ0v) is 40.0. The molecule has 0 aromatic carbocycles. The van der Waals surface area contributed by atoms with Crippen LogP contribution >= 0.6 is 0 Å². The summed E-state index contributed by atoms with van der Waals surface area (Å²) in [4.78, 5) is 80.4. The van der Waals surface area contributed by atoms with E-state index in [9.17, 15) is 38.7 Å². The standard InChI is InChI=1S/C30H54O8.C18H34N2O6/c1-37-23-24-38-22-16-18-27(31)21-20-26(30(35)36)25-28(32)17-14-12-10-8-6-4-2-3-5-7-9-11-13-15-19-29(33)34;1-3-15(16(22)13-21)7-5-6-8-19-18(24)14-26-12-11-25-10-9-20-17(23)4-2/h26H,2-25H2,1H3,(H,33,34)(H,35,36);15,21H,3-14H2,1-2H3,(H,19,24)(H,20,23)/p+1/t26-;15-/m10/s1. The van der Waals surface area contributed by atoms with Crippen LogP contribution in [0.1, 0.15) is 181 Å². The highest BCUT2D eigenvalue weighted by molar-refractivity contribution is 5.85. The molecular formula is C48H89N2O14+.